The Labute approximate surface area is 118 Å². The second-order valence-electron chi connectivity index (χ2n) is 6.87. The van der Waals surface area contributed by atoms with Gasteiger partial charge in [0.2, 0.25) is 0 Å². The molecular formula is C15H36OSi2. The van der Waals surface area contributed by atoms with Gasteiger partial charge in [-0.25, -0.2) is 0 Å². The minimum absolute atomic E-state index is 0.825. The lowest BCUT2D eigenvalue weighted by Gasteiger charge is -2.40. The summed E-state index contributed by atoms with van der Waals surface area (Å²) in [4.78, 5) is 0. The molecular weight excluding hydrogens is 252 g/mol. The maximum atomic E-state index is 6.78. The van der Waals surface area contributed by atoms with Crippen molar-refractivity contribution in [2.75, 3.05) is 0 Å². The Bertz CT molecular complexity index is 219. The Morgan fingerprint density at radius 3 is 1.56 bits per heavy atom. The molecule has 0 saturated heterocycles. The fraction of sp³-hybridized carbons (Fsp3) is 1.00. The second-order valence-corrected chi connectivity index (χ2v) is 15.6. The highest BCUT2D eigenvalue weighted by molar-refractivity contribution is 6.85. The summed E-state index contributed by atoms with van der Waals surface area (Å²) in [5, 5.41) is 0. The van der Waals surface area contributed by atoms with Gasteiger partial charge in [-0.3, -0.25) is 0 Å². The van der Waals surface area contributed by atoms with Crippen LogP contribution in [0, 0.1) is 5.92 Å². The van der Waals surface area contributed by atoms with Crippen molar-refractivity contribution in [3.05, 3.63) is 0 Å². The summed E-state index contributed by atoms with van der Waals surface area (Å²) in [7, 11) is -2.98. The Hall–Kier alpha value is 0.394. The molecule has 0 rings (SSSR count). The summed E-state index contributed by atoms with van der Waals surface area (Å²) in [5.41, 5.74) is 0.825. The van der Waals surface area contributed by atoms with Crippen LogP contribution in [0.5, 0.6) is 0 Å². The summed E-state index contributed by atoms with van der Waals surface area (Å²) in [5.74, 6) is 0.873. The van der Waals surface area contributed by atoms with Crippen LogP contribution in [0.25, 0.3) is 0 Å². The van der Waals surface area contributed by atoms with Crippen LogP contribution in [0.3, 0.4) is 0 Å². The first-order valence-electron chi connectivity index (χ1n) is 7.92. The van der Waals surface area contributed by atoms with E-state index in [2.05, 4.69) is 53.9 Å². The molecule has 0 heterocycles. The van der Waals surface area contributed by atoms with E-state index in [0.717, 1.165) is 11.5 Å². The normalized spacial score (nSPS) is 13.7. The molecule has 0 atom stereocenters. The largest absolute Gasteiger partial charge is 0.455 e. The molecule has 0 fully saturated rings. The molecule has 0 N–H and O–H groups in total. The van der Waals surface area contributed by atoms with Crippen molar-refractivity contribution >= 4 is 16.6 Å². The van der Waals surface area contributed by atoms with Gasteiger partial charge in [-0.2, -0.15) is 0 Å². The minimum atomic E-state index is -1.50. The first kappa shape index (κ1) is 18.4. The summed E-state index contributed by atoms with van der Waals surface area (Å²) in [6.45, 7) is 19.0. The van der Waals surface area contributed by atoms with Crippen LogP contribution in [0.15, 0.2) is 0 Å². The van der Waals surface area contributed by atoms with Gasteiger partial charge < -0.3 is 4.12 Å². The Balaban J connectivity index is 4.63. The molecule has 0 aromatic rings. The molecule has 0 aliphatic carbocycles. The molecule has 110 valence electrons. The Kier molecular flexibility index (Phi) is 8.03. The molecule has 0 saturated carbocycles. The smallest absolute Gasteiger partial charge is 0.176 e. The SMILES string of the molecule is CCC(CC)C[Si](C)(C)O[Si](C)(C)C(CC)CC. The van der Waals surface area contributed by atoms with Crippen molar-refractivity contribution < 1.29 is 4.12 Å². The molecule has 0 spiro atoms. The topological polar surface area (TPSA) is 9.23 Å². The Morgan fingerprint density at radius 1 is 0.778 bits per heavy atom. The van der Waals surface area contributed by atoms with E-state index in [4.69, 9.17) is 4.12 Å². The minimum Gasteiger partial charge on any atom is -0.455 e. The molecule has 18 heavy (non-hydrogen) atoms. The highest BCUT2D eigenvalue weighted by Crippen LogP contribution is 2.34. The van der Waals surface area contributed by atoms with E-state index < -0.39 is 16.6 Å². The van der Waals surface area contributed by atoms with Gasteiger partial charge in [0, 0.05) is 0 Å². The van der Waals surface area contributed by atoms with Crippen molar-refractivity contribution in [2.45, 2.75) is 91.2 Å². The van der Waals surface area contributed by atoms with E-state index >= 15 is 0 Å². The van der Waals surface area contributed by atoms with Crippen molar-refractivity contribution in [2.24, 2.45) is 5.92 Å². The third-order valence-corrected chi connectivity index (χ3v) is 13.1. The third-order valence-electron chi connectivity index (χ3n) is 4.44. The lowest BCUT2D eigenvalue weighted by atomic mass is 10.1. The van der Waals surface area contributed by atoms with Crippen LogP contribution in [0.2, 0.25) is 37.8 Å². The zero-order chi connectivity index (χ0) is 14.4. The predicted octanol–water partition coefficient (Wildman–Crippen LogP) is 6.04. The summed E-state index contributed by atoms with van der Waals surface area (Å²) in [6, 6.07) is 1.34. The quantitative estimate of drug-likeness (QED) is 0.470. The highest BCUT2D eigenvalue weighted by atomic mass is 28.4. The summed E-state index contributed by atoms with van der Waals surface area (Å²) in [6.07, 6.45) is 5.18. The van der Waals surface area contributed by atoms with E-state index in [1.54, 1.807) is 0 Å². The van der Waals surface area contributed by atoms with Crippen LogP contribution in [-0.2, 0) is 4.12 Å². The predicted molar refractivity (Wildman–Crippen MR) is 89.3 cm³/mol. The van der Waals surface area contributed by atoms with E-state index in [1.165, 1.54) is 31.7 Å². The zero-order valence-electron chi connectivity index (χ0n) is 14.1. The van der Waals surface area contributed by atoms with Gasteiger partial charge in [0.15, 0.2) is 16.6 Å². The highest BCUT2D eigenvalue weighted by Gasteiger charge is 2.38. The molecule has 0 aliphatic rings. The monoisotopic (exact) mass is 288 g/mol. The lowest BCUT2D eigenvalue weighted by Crippen LogP contribution is -2.48. The van der Waals surface area contributed by atoms with E-state index in [0.29, 0.717) is 0 Å². The molecule has 3 heteroatoms. The number of rotatable bonds is 9. The molecule has 0 aliphatic heterocycles. The first-order valence-corrected chi connectivity index (χ1v) is 14.0. The number of hydrogen-bond donors (Lipinski definition) is 0. The average Bonchev–Trinajstić information content (AvgIpc) is 2.25. The van der Waals surface area contributed by atoms with E-state index in [-0.39, 0.29) is 0 Å². The van der Waals surface area contributed by atoms with Crippen molar-refractivity contribution in [3.63, 3.8) is 0 Å². The first-order chi connectivity index (χ1) is 8.22. The van der Waals surface area contributed by atoms with Gasteiger partial charge in [0.05, 0.1) is 0 Å². The van der Waals surface area contributed by atoms with Crippen LogP contribution in [-0.4, -0.2) is 16.6 Å². The molecule has 0 aromatic heterocycles. The standard InChI is InChI=1S/C15H36OSi2/c1-9-14(10-2)13-17(5,6)16-18(7,8)15(11-3)12-4/h14-15H,9-13H2,1-8H3. The maximum Gasteiger partial charge on any atom is 0.176 e. The van der Waals surface area contributed by atoms with Crippen LogP contribution in [0.4, 0.5) is 0 Å². The molecule has 0 aromatic carbocycles. The maximum absolute atomic E-state index is 6.78. The average molecular weight is 289 g/mol. The van der Waals surface area contributed by atoms with Crippen LogP contribution < -0.4 is 0 Å². The van der Waals surface area contributed by atoms with Gasteiger partial charge in [-0.1, -0.05) is 53.4 Å². The molecule has 0 unspecified atom stereocenters. The van der Waals surface area contributed by atoms with Gasteiger partial charge in [0.25, 0.3) is 0 Å². The van der Waals surface area contributed by atoms with Crippen LogP contribution in [0.1, 0.15) is 53.4 Å². The molecule has 0 radical (unpaired) electrons. The zero-order valence-corrected chi connectivity index (χ0v) is 16.1. The molecule has 1 nitrogen and oxygen atoms in total. The van der Waals surface area contributed by atoms with Gasteiger partial charge in [-0.05, 0) is 43.7 Å². The summed E-state index contributed by atoms with van der Waals surface area (Å²) >= 11 is 0. The van der Waals surface area contributed by atoms with Gasteiger partial charge >= 0.3 is 0 Å². The van der Waals surface area contributed by atoms with Gasteiger partial charge in [0.1, 0.15) is 0 Å². The van der Waals surface area contributed by atoms with Gasteiger partial charge in [-0.15, -0.1) is 0 Å². The second kappa shape index (κ2) is 7.86. The Morgan fingerprint density at radius 2 is 1.22 bits per heavy atom. The van der Waals surface area contributed by atoms with Crippen molar-refractivity contribution in [3.8, 4) is 0 Å². The molecule has 0 amide bonds. The summed E-state index contributed by atoms with van der Waals surface area (Å²) < 4.78 is 6.78. The van der Waals surface area contributed by atoms with E-state index in [9.17, 15) is 0 Å². The number of hydrogen-bond acceptors (Lipinski definition) is 1. The fourth-order valence-corrected chi connectivity index (χ4v) is 14.0. The fourth-order valence-electron chi connectivity index (χ4n) is 3.38. The van der Waals surface area contributed by atoms with E-state index in [1.807, 2.05) is 0 Å². The van der Waals surface area contributed by atoms with Crippen molar-refractivity contribution in [1.82, 2.24) is 0 Å². The van der Waals surface area contributed by atoms with Crippen LogP contribution >= 0.6 is 0 Å². The third kappa shape index (κ3) is 6.02. The van der Waals surface area contributed by atoms with Crippen molar-refractivity contribution in [1.29, 1.82) is 0 Å². The molecule has 0 bridgehead atoms. The lowest BCUT2D eigenvalue weighted by molar-refractivity contribution is 0.463.